The molecule has 0 bridgehead atoms. The zero-order valence-electron chi connectivity index (χ0n) is 5.42. The summed E-state index contributed by atoms with van der Waals surface area (Å²) in [6.07, 6.45) is 0.148. The molecule has 3 N–H and O–H groups in total. The van der Waals surface area contributed by atoms with Crippen LogP contribution in [0.2, 0.25) is 0 Å². The molecule has 0 radical (unpaired) electrons. The number of hydrogen-bond donors (Lipinski definition) is 2. The van der Waals surface area contributed by atoms with Crippen LogP contribution in [0.3, 0.4) is 0 Å². The Hall–Kier alpha value is -0.650. The first-order chi connectivity index (χ1) is 4.22. The number of rotatable bonds is 3. The Bertz CT molecular complexity index is 128. The molecule has 5 nitrogen and oxygen atoms in total. The molecule has 0 aromatic carbocycles. The van der Waals surface area contributed by atoms with Crippen LogP contribution in [0.25, 0.3) is 0 Å². The maximum Gasteiger partial charge on any atom is 0.312 e. The molecule has 0 atom stereocenters. The topological polar surface area (TPSA) is 81.4 Å². The highest BCUT2D eigenvalue weighted by Gasteiger charge is 2.08. The summed E-state index contributed by atoms with van der Waals surface area (Å²) in [5.74, 6) is 3.06. The smallest absolute Gasteiger partial charge is 0.289 e. The van der Waals surface area contributed by atoms with Gasteiger partial charge in [-0.3, -0.25) is 9.59 Å². The van der Waals surface area contributed by atoms with Crippen LogP contribution in [0.5, 0.6) is 0 Å². The lowest BCUT2D eigenvalue weighted by Crippen LogP contribution is -2.32. The van der Waals surface area contributed by atoms with Crippen LogP contribution < -0.4 is 11.4 Å². The number of ketones is 1. The van der Waals surface area contributed by atoms with Crippen LogP contribution in [-0.4, -0.2) is 11.7 Å². The molecule has 0 fully saturated rings. The van der Waals surface area contributed by atoms with Crippen molar-refractivity contribution in [3.63, 3.8) is 0 Å². The molecule has 0 aromatic heterocycles. The minimum atomic E-state index is -0.819. The van der Waals surface area contributed by atoms with E-state index in [1.807, 2.05) is 0 Å². The average Bonchev–Trinajstić information content (AvgIpc) is 1.87. The van der Waals surface area contributed by atoms with E-state index >= 15 is 0 Å². The lowest BCUT2D eigenvalue weighted by molar-refractivity contribution is -0.146. The molecule has 0 saturated carbocycles. The van der Waals surface area contributed by atoms with E-state index in [9.17, 15) is 9.59 Å². The van der Waals surface area contributed by atoms with Gasteiger partial charge in [0, 0.05) is 6.42 Å². The third-order valence-corrected chi connectivity index (χ3v) is 0.726. The molecule has 0 heterocycles. The average molecular weight is 169 g/mol. The van der Waals surface area contributed by atoms with E-state index in [2.05, 4.69) is 10.8 Å². The fourth-order valence-electron chi connectivity index (χ4n) is 0.271. The van der Waals surface area contributed by atoms with Gasteiger partial charge in [0.05, 0.1) is 0 Å². The summed E-state index contributed by atoms with van der Waals surface area (Å²) < 4.78 is 0. The standard InChI is InChI=1S/C4H8N2O3.ClH/c1-2-3(7)4(8)6-9-5;/h2,5H2,1H3,(H,6,8);1H. The van der Waals surface area contributed by atoms with Crippen molar-refractivity contribution in [3.8, 4) is 0 Å². The fraction of sp³-hybridized carbons (Fsp3) is 0.500. The van der Waals surface area contributed by atoms with E-state index in [0.717, 1.165) is 0 Å². The molecule has 10 heavy (non-hydrogen) atoms. The highest BCUT2D eigenvalue weighted by molar-refractivity contribution is 6.35. The first-order valence-corrected chi connectivity index (χ1v) is 2.41. The Morgan fingerprint density at radius 3 is 2.40 bits per heavy atom. The van der Waals surface area contributed by atoms with E-state index in [4.69, 9.17) is 0 Å². The van der Waals surface area contributed by atoms with Gasteiger partial charge < -0.3 is 0 Å². The summed E-state index contributed by atoms with van der Waals surface area (Å²) in [5.41, 5.74) is 1.69. The second-order valence-electron chi connectivity index (χ2n) is 1.33. The first-order valence-electron chi connectivity index (χ1n) is 2.41. The number of hydrogen-bond acceptors (Lipinski definition) is 4. The molecule has 0 aliphatic heterocycles. The Labute approximate surface area is 64.2 Å². The van der Waals surface area contributed by atoms with Gasteiger partial charge in [0.1, 0.15) is 0 Å². The van der Waals surface area contributed by atoms with Gasteiger partial charge in [-0.1, -0.05) is 6.92 Å². The quantitative estimate of drug-likeness (QED) is 0.432. The summed E-state index contributed by atoms with van der Waals surface area (Å²) in [5, 5.41) is 0. The van der Waals surface area contributed by atoms with Crippen LogP contribution in [0.1, 0.15) is 13.3 Å². The SMILES string of the molecule is CCC(=O)C(=O)NON.Cl. The van der Waals surface area contributed by atoms with E-state index < -0.39 is 11.7 Å². The molecular formula is C4H9ClN2O3. The molecule has 6 heteroatoms. The molecule has 0 aliphatic rings. The zero-order valence-corrected chi connectivity index (χ0v) is 6.23. The monoisotopic (exact) mass is 168 g/mol. The van der Waals surface area contributed by atoms with E-state index in [1.165, 1.54) is 0 Å². The van der Waals surface area contributed by atoms with Gasteiger partial charge in [-0.25, -0.2) is 5.48 Å². The maximum absolute atomic E-state index is 10.4. The summed E-state index contributed by atoms with van der Waals surface area (Å²) >= 11 is 0. The van der Waals surface area contributed by atoms with Gasteiger partial charge in [0.25, 0.3) is 0 Å². The molecule has 0 rings (SSSR count). The lowest BCUT2D eigenvalue weighted by Gasteiger charge is -1.95. The molecule has 0 aromatic rings. The van der Waals surface area contributed by atoms with Crippen molar-refractivity contribution in [1.29, 1.82) is 0 Å². The van der Waals surface area contributed by atoms with Crippen molar-refractivity contribution in [3.05, 3.63) is 0 Å². The second-order valence-corrected chi connectivity index (χ2v) is 1.33. The lowest BCUT2D eigenvalue weighted by atomic mass is 10.3. The summed E-state index contributed by atoms with van der Waals surface area (Å²) in [4.78, 5) is 24.4. The van der Waals surface area contributed by atoms with E-state index in [0.29, 0.717) is 0 Å². The Kier molecular flexibility index (Phi) is 7.81. The number of Topliss-reactive ketones (excluding diaryl/α,β-unsaturated/α-hetero) is 1. The Balaban J connectivity index is 0. The van der Waals surface area contributed by atoms with E-state index in [1.54, 1.807) is 12.4 Å². The van der Waals surface area contributed by atoms with Gasteiger partial charge in [-0.15, -0.1) is 12.4 Å². The second kappa shape index (κ2) is 6.47. The molecule has 0 saturated heterocycles. The number of nitrogens with one attached hydrogen (secondary N) is 1. The number of hydroxylamine groups is 1. The third-order valence-electron chi connectivity index (χ3n) is 0.726. The van der Waals surface area contributed by atoms with Crippen molar-refractivity contribution < 1.29 is 14.5 Å². The van der Waals surface area contributed by atoms with Crippen LogP contribution in [-0.2, 0) is 14.5 Å². The predicted molar refractivity (Wildman–Crippen MR) is 36.0 cm³/mol. The normalized spacial score (nSPS) is 7.80. The minimum Gasteiger partial charge on any atom is -0.289 e. The van der Waals surface area contributed by atoms with Gasteiger partial charge >= 0.3 is 5.91 Å². The fourth-order valence-corrected chi connectivity index (χ4v) is 0.271. The number of carbonyl (C=O) groups is 2. The Morgan fingerprint density at radius 1 is 1.60 bits per heavy atom. The van der Waals surface area contributed by atoms with Crippen molar-refractivity contribution >= 4 is 24.1 Å². The van der Waals surface area contributed by atoms with Crippen molar-refractivity contribution in [2.45, 2.75) is 13.3 Å². The number of amides is 1. The van der Waals surface area contributed by atoms with Crippen molar-refractivity contribution in [2.24, 2.45) is 5.90 Å². The van der Waals surface area contributed by atoms with Crippen molar-refractivity contribution in [2.75, 3.05) is 0 Å². The summed E-state index contributed by atoms with van der Waals surface area (Å²) in [7, 11) is 0. The third kappa shape index (κ3) is 4.25. The maximum atomic E-state index is 10.4. The number of carbonyl (C=O) groups excluding carboxylic acids is 2. The van der Waals surface area contributed by atoms with Crippen LogP contribution in [0, 0.1) is 0 Å². The zero-order chi connectivity index (χ0) is 7.28. The van der Waals surface area contributed by atoms with Gasteiger partial charge in [-0.05, 0) is 0 Å². The van der Waals surface area contributed by atoms with Crippen LogP contribution in [0.15, 0.2) is 0 Å². The molecule has 0 unspecified atom stereocenters. The number of halogens is 1. The van der Waals surface area contributed by atoms with Crippen LogP contribution >= 0.6 is 12.4 Å². The molecule has 0 spiro atoms. The van der Waals surface area contributed by atoms with Crippen LogP contribution in [0.4, 0.5) is 0 Å². The highest BCUT2D eigenvalue weighted by atomic mass is 35.5. The minimum absolute atomic E-state index is 0. The number of nitrogens with two attached hydrogens (primary N) is 1. The highest BCUT2D eigenvalue weighted by Crippen LogP contribution is 1.78. The first kappa shape index (κ1) is 12.1. The molecule has 1 amide bonds. The predicted octanol–water partition coefficient (Wildman–Crippen LogP) is -0.691. The summed E-state index contributed by atoms with van der Waals surface area (Å²) in [6, 6.07) is 0. The van der Waals surface area contributed by atoms with E-state index in [-0.39, 0.29) is 18.8 Å². The van der Waals surface area contributed by atoms with Crippen molar-refractivity contribution in [1.82, 2.24) is 5.48 Å². The molecule has 0 aliphatic carbocycles. The van der Waals surface area contributed by atoms with Gasteiger partial charge in [0.15, 0.2) is 0 Å². The molecular weight excluding hydrogens is 160 g/mol. The summed E-state index contributed by atoms with van der Waals surface area (Å²) in [6.45, 7) is 1.57. The Morgan fingerprint density at radius 2 is 2.10 bits per heavy atom. The van der Waals surface area contributed by atoms with Gasteiger partial charge in [-0.2, -0.15) is 10.8 Å². The molecule has 60 valence electrons. The largest absolute Gasteiger partial charge is 0.312 e. The van der Waals surface area contributed by atoms with Gasteiger partial charge in [0.2, 0.25) is 5.78 Å².